The summed E-state index contributed by atoms with van der Waals surface area (Å²) in [7, 11) is 0. The van der Waals surface area contributed by atoms with E-state index in [1.807, 2.05) is 11.0 Å². The second kappa shape index (κ2) is 8.20. The first-order valence-corrected chi connectivity index (χ1v) is 8.96. The zero-order chi connectivity index (χ0) is 17.6. The topological polar surface area (TPSA) is 86.8 Å². The molecular formula is C18H26N6O. The molecule has 1 unspecified atom stereocenters. The lowest BCUT2D eigenvalue weighted by Gasteiger charge is -2.30. The molecule has 0 aromatic carbocycles. The van der Waals surface area contributed by atoms with E-state index in [1.165, 1.54) is 6.33 Å². The zero-order valence-electron chi connectivity index (χ0n) is 14.9. The van der Waals surface area contributed by atoms with Gasteiger partial charge in [-0.05, 0) is 44.3 Å². The standard InChI is InChI=1S/C18H26N6O/c1-13(2)16-8-17(23-22-16)18(25)24(11-14-9-20-12-21-10-14)15-4-3-6-19-7-5-15/h8-10,12-13,15,19H,3-7,11H2,1-2H3,(H,22,23). The average molecular weight is 342 g/mol. The first-order chi connectivity index (χ1) is 12.1. The number of aromatic nitrogens is 4. The van der Waals surface area contributed by atoms with Crippen LogP contribution in [0.1, 0.15) is 60.8 Å². The van der Waals surface area contributed by atoms with E-state index in [1.54, 1.807) is 12.4 Å². The minimum atomic E-state index is -0.0288. The van der Waals surface area contributed by atoms with Crippen LogP contribution in [-0.2, 0) is 6.54 Å². The Bertz CT molecular complexity index is 676. The lowest BCUT2D eigenvalue weighted by atomic mass is 10.1. The minimum absolute atomic E-state index is 0.0288. The van der Waals surface area contributed by atoms with Gasteiger partial charge in [-0.2, -0.15) is 5.10 Å². The average Bonchev–Trinajstić information content (AvgIpc) is 2.97. The summed E-state index contributed by atoms with van der Waals surface area (Å²) in [5.74, 6) is 0.283. The van der Waals surface area contributed by atoms with E-state index in [2.05, 4.69) is 39.3 Å². The van der Waals surface area contributed by atoms with Gasteiger partial charge in [0.05, 0.1) is 0 Å². The summed E-state index contributed by atoms with van der Waals surface area (Å²) in [5, 5.41) is 10.6. The minimum Gasteiger partial charge on any atom is -0.330 e. The van der Waals surface area contributed by atoms with Crippen molar-refractivity contribution < 1.29 is 4.79 Å². The predicted octanol–water partition coefficient (Wildman–Crippen LogP) is 2.11. The molecule has 0 spiro atoms. The summed E-state index contributed by atoms with van der Waals surface area (Å²) >= 11 is 0. The van der Waals surface area contributed by atoms with Gasteiger partial charge in [0.25, 0.3) is 5.91 Å². The number of rotatable bonds is 5. The van der Waals surface area contributed by atoms with Gasteiger partial charge >= 0.3 is 0 Å². The van der Waals surface area contributed by atoms with Crippen LogP contribution in [0.5, 0.6) is 0 Å². The molecule has 7 nitrogen and oxygen atoms in total. The SMILES string of the molecule is CC(C)c1cc(C(=O)N(Cc2cncnc2)C2CCCNCC2)n[nH]1. The van der Waals surface area contributed by atoms with Gasteiger partial charge in [0.2, 0.25) is 0 Å². The summed E-state index contributed by atoms with van der Waals surface area (Å²) in [4.78, 5) is 23.3. The molecule has 0 saturated carbocycles. The van der Waals surface area contributed by atoms with Crippen LogP contribution in [0.25, 0.3) is 0 Å². The molecule has 25 heavy (non-hydrogen) atoms. The smallest absolute Gasteiger partial charge is 0.274 e. The highest BCUT2D eigenvalue weighted by molar-refractivity contribution is 5.92. The van der Waals surface area contributed by atoms with E-state index in [9.17, 15) is 4.79 Å². The van der Waals surface area contributed by atoms with Crippen LogP contribution in [-0.4, -0.2) is 50.1 Å². The number of carbonyl (C=O) groups excluding carboxylic acids is 1. The van der Waals surface area contributed by atoms with Gasteiger partial charge in [0.1, 0.15) is 12.0 Å². The van der Waals surface area contributed by atoms with Gasteiger partial charge in [0, 0.05) is 36.2 Å². The fourth-order valence-electron chi connectivity index (χ4n) is 3.18. The number of carbonyl (C=O) groups is 1. The monoisotopic (exact) mass is 342 g/mol. The summed E-state index contributed by atoms with van der Waals surface area (Å²) in [5.41, 5.74) is 2.40. The largest absolute Gasteiger partial charge is 0.330 e. The van der Waals surface area contributed by atoms with Crippen LogP contribution in [0.4, 0.5) is 0 Å². The molecule has 134 valence electrons. The summed E-state index contributed by atoms with van der Waals surface area (Å²) in [6.07, 6.45) is 8.05. The molecule has 1 amide bonds. The predicted molar refractivity (Wildman–Crippen MR) is 95.1 cm³/mol. The van der Waals surface area contributed by atoms with Gasteiger partial charge in [-0.3, -0.25) is 9.89 Å². The normalized spacial score (nSPS) is 18.1. The van der Waals surface area contributed by atoms with Crippen LogP contribution in [0.3, 0.4) is 0 Å². The maximum absolute atomic E-state index is 13.2. The zero-order valence-corrected chi connectivity index (χ0v) is 14.9. The number of hydrogen-bond donors (Lipinski definition) is 2. The van der Waals surface area contributed by atoms with Gasteiger partial charge in [-0.25, -0.2) is 9.97 Å². The molecule has 1 atom stereocenters. The fraction of sp³-hybridized carbons (Fsp3) is 0.556. The molecule has 3 heterocycles. The number of nitrogens with zero attached hydrogens (tertiary/aromatic N) is 4. The van der Waals surface area contributed by atoms with Crippen LogP contribution >= 0.6 is 0 Å². The maximum atomic E-state index is 13.2. The molecule has 0 radical (unpaired) electrons. The van der Waals surface area contributed by atoms with Gasteiger partial charge in [-0.15, -0.1) is 0 Å². The molecular weight excluding hydrogens is 316 g/mol. The number of H-pyrrole nitrogens is 1. The molecule has 7 heteroatoms. The van der Waals surface area contributed by atoms with Crippen molar-refractivity contribution in [2.45, 2.75) is 51.6 Å². The van der Waals surface area contributed by atoms with Crippen molar-refractivity contribution in [3.05, 3.63) is 41.7 Å². The van der Waals surface area contributed by atoms with Gasteiger partial charge < -0.3 is 10.2 Å². The van der Waals surface area contributed by atoms with E-state index >= 15 is 0 Å². The Labute approximate surface area is 148 Å². The Kier molecular flexibility index (Phi) is 5.75. The fourth-order valence-corrected chi connectivity index (χ4v) is 3.18. The highest BCUT2D eigenvalue weighted by Gasteiger charge is 2.27. The van der Waals surface area contributed by atoms with E-state index < -0.39 is 0 Å². The van der Waals surface area contributed by atoms with Gasteiger partial charge in [0.15, 0.2) is 0 Å². The number of aromatic amines is 1. The van der Waals surface area contributed by atoms with E-state index in [-0.39, 0.29) is 11.9 Å². The number of hydrogen-bond acceptors (Lipinski definition) is 5. The number of nitrogens with one attached hydrogen (secondary N) is 2. The molecule has 2 aromatic heterocycles. The quantitative estimate of drug-likeness (QED) is 0.869. The van der Waals surface area contributed by atoms with Crippen molar-refractivity contribution in [1.82, 2.24) is 30.4 Å². The van der Waals surface area contributed by atoms with Crippen molar-refractivity contribution in [1.29, 1.82) is 0 Å². The third kappa shape index (κ3) is 4.42. The molecule has 1 saturated heterocycles. The Morgan fingerprint density at radius 3 is 2.80 bits per heavy atom. The van der Waals surface area contributed by atoms with Crippen molar-refractivity contribution in [3.8, 4) is 0 Å². The first kappa shape index (κ1) is 17.5. The third-order valence-corrected chi connectivity index (χ3v) is 4.65. The van der Waals surface area contributed by atoms with Crippen LogP contribution in [0.2, 0.25) is 0 Å². The Morgan fingerprint density at radius 2 is 2.08 bits per heavy atom. The second-order valence-corrected chi connectivity index (χ2v) is 6.88. The van der Waals surface area contributed by atoms with Crippen molar-refractivity contribution in [3.63, 3.8) is 0 Å². The van der Waals surface area contributed by atoms with E-state index in [0.29, 0.717) is 18.2 Å². The van der Waals surface area contributed by atoms with Crippen LogP contribution in [0.15, 0.2) is 24.8 Å². The highest BCUT2D eigenvalue weighted by Crippen LogP contribution is 2.20. The second-order valence-electron chi connectivity index (χ2n) is 6.88. The van der Waals surface area contributed by atoms with Gasteiger partial charge in [-0.1, -0.05) is 13.8 Å². The molecule has 1 aliphatic rings. The van der Waals surface area contributed by atoms with Crippen molar-refractivity contribution in [2.24, 2.45) is 0 Å². The summed E-state index contributed by atoms with van der Waals surface area (Å²) in [6.45, 7) is 6.61. The summed E-state index contributed by atoms with van der Waals surface area (Å²) < 4.78 is 0. The molecule has 1 aliphatic heterocycles. The lowest BCUT2D eigenvalue weighted by Crippen LogP contribution is -2.40. The third-order valence-electron chi connectivity index (χ3n) is 4.65. The molecule has 0 aliphatic carbocycles. The highest BCUT2D eigenvalue weighted by atomic mass is 16.2. The first-order valence-electron chi connectivity index (χ1n) is 8.96. The summed E-state index contributed by atoms with van der Waals surface area (Å²) in [6, 6.07) is 2.07. The number of amides is 1. The maximum Gasteiger partial charge on any atom is 0.274 e. The molecule has 1 fully saturated rings. The van der Waals surface area contributed by atoms with Crippen LogP contribution < -0.4 is 5.32 Å². The Balaban J connectivity index is 1.84. The molecule has 2 aromatic rings. The molecule has 0 bridgehead atoms. The molecule has 3 rings (SSSR count). The van der Waals surface area contributed by atoms with E-state index in [0.717, 1.165) is 43.6 Å². The van der Waals surface area contributed by atoms with Crippen molar-refractivity contribution in [2.75, 3.05) is 13.1 Å². The van der Waals surface area contributed by atoms with Crippen LogP contribution in [0, 0.1) is 0 Å². The molecule has 2 N–H and O–H groups in total. The van der Waals surface area contributed by atoms with Crippen molar-refractivity contribution >= 4 is 5.91 Å². The Hall–Kier alpha value is -2.28. The lowest BCUT2D eigenvalue weighted by molar-refractivity contribution is 0.0638. The Morgan fingerprint density at radius 1 is 1.28 bits per heavy atom. The van der Waals surface area contributed by atoms with E-state index in [4.69, 9.17) is 0 Å².